The molecule has 14 heteroatoms. The standard InChI is InChI=1S/C23H25ClN4O7S2/c1-11-14(22-15-7-20(24)35-18(15)2-3-33-22)6-19(36-11)21(30)16-8-26-10-27-23(16)28-13-4-12(17(29)5-13)9-34-37(25,31)32/h6-8,10,12-13,17,22,29H,2-5,9H2,1H3,(H2,25,31,32)(H,26,27,28)/t12-,13-,17+,22-/m1/s1. The predicted octanol–water partition coefficient (Wildman–Crippen LogP) is 2.76. The molecule has 0 radical (unpaired) electrons. The van der Waals surface area contributed by atoms with Crippen LogP contribution in [0.3, 0.4) is 0 Å². The summed E-state index contributed by atoms with van der Waals surface area (Å²) < 4.78 is 38.4. The van der Waals surface area contributed by atoms with Gasteiger partial charge >= 0.3 is 10.3 Å². The first-order valence-electron chi connectivity index (χ1n) is 11.6. The van der Waals surface area contributed by atoms with Crippen LogP contribution in [0.1, 0.15) is 55.9 Å². The number of aliphatic hydroxyl groups excluding tert-OH is 1. The number of rotatable bonds is 8. The number of carbonyl (C=O) groups is 1. The van der Waals surface area contributed by atoms with Gasteiger partial charge in [-0.2, -0.15) is 8.42 Å². The number of nitrogens with one attached hydrogen (secondary N) is 1. The highest BCUT2D eigenvalue weighted by Gasteiger charge is 2.35. The van der Waals surface area contributed by atoms with Crippen LogP contribution in [0.2, 0.25) is 5.22 Å². The fourth-order valence-electron chi connectivity index (χ4n) is 4.83. The minimum absolute atomic E-state index is 0.224. The third kappa shape index (κ3) is 5.72. The summed E-state index contributed by atoms with van der Waals surface area (Å²) in [5.74, 6) is 0.428. The van der Waals surface area contributed by atoms with Crippen molar-refractivity contribution in [1.82, 2.24) is 9.97 Å². The van der Waals surface area contributed by atoms with E-state index < -0.39 is 22.3 Å². The molecule has 3 aromatic heterocycles. The molecule has 0 amide bonds. The lowest BCUT2D eigenvalue weighted by molar-refractivity contribution is 0.0643. The van der Waals surface area contributed by atoms with E-state index in [-0.39, 0.29) is 30.1 Å². The normalized spacial score (nSPS) is 23.7. The van der Waals surface area contributed by atoms with Crippen molar-refractivity contribution in [2.45, 2.75) is 44.4 Å². The van der Waals surface area contributed by atoms with E-state index in [0.717, 1.165) is 21.8 Å². The number of ketones is 1. The molecule has 4 atom stereocenters. The van der Waals surface area contributed by atoms with Crippen LogP contribution in [-0.2, 0) is 25.6 Å². The Labute approximate surface area is 222 Å². The Bertz CT molecular complexity index is 1420. The second kappa shape index (κ2) is 10.4. The number of hydrogen-bond donors (Lipinski definition) is 3. The van der Waals surface area contributed by atoms with Crippen molar-refractivity contribution in [2.24, 2.45) is 11.1 Å². The number of nitrogens with zero attached hydrogens (tertiary/aromatic N) is 2. The number of nitrogens with two attached hydrogens (primary N) is 1. The number of aryl methyl sites for hydroxylation is 1. The maximum atomic E-state index is 13.5. The molecule has 0 saturated heterocycles. The van der Waals surface area contributed by atoms with E-state index in [9.17, 15) is 18.3 Å². The smallest absolute Gasteiger partial charge is 0.333 e. The average Bonchev–Trinajstić information content (AvgIpc) is 3.52. The molecule has 4 heterocycles. The third-order valence-electron chi connectivity index (χ3n) is 6.57. The Balaban J connectivity index is 1.34. The van der Waals surface area contributed by atoms with E-state index in [0.29, 0.717) is 41.8 Å². The van der Waals surface area contributed by atoms with Gasteiger partial charge in [-0.15, -0.1) is 11.3 Å². The molecule has 4 N–H and O–H groups in total. The van der Waals surface area contributed by atoms with E-state index in [1.165, 1.54) is 23.9 Å². The van der Waals surface area contributed by atoms with E-state index in [2.05, 4.69) is 19.5 Å². The highest BCUT2D eigenvalue weighted by Crippen LogP contribution is 2.40. The van der Waals surface area contributed by atoms with Gasteiger partial charge in [-0.25, -0.2) is 15.1 Å². The lowest BCUT2D eigenvalue weighted by Gasteiger charge is -2.22. The summed E-state index contributed by atoms with van der Waals surface area (Å²) in [6, 6.07) is 3.31. The van der Waals surface area contributed by atoms with Gasteiger partial charge in [-0.3, -0.25) is 8.98 Å². The van der Waals surface area contributed by atoms with E-state index in [4.69, 9.17) is 25.9 Å². The number of thiophene rings is 1. The lowest BCUT2D eigenvalue weighted by Crippen LogP contribution is -2.24. The Morgan fingerprint density at radius 1 is 1.35 bits per heavy atom. The number of anilines is 1. The molecular formula is C23H25ClN4O7S2. The zero-order valence-electron chi connectivity index (χ0n) is 19.7. The molecule has 1 fully saturated rings. The summed E-state index contributed by atoms with van der Waals surface area (Å²) in [5, 5.41) is 18.7. The average molecular weight is 569 g/mol. The van der Waals surface area contributed by atoms with Crippen LogP contribution in [0.25, 0.3) is 0 Å². The van der Waals surface area contributed by atoms with Crippen LogP contribution >= 0.6 is 22.9 Å². The molecule has 0 aromatic carbocycles. The maximum Gasteiger partial charge on any atom is 0.333 e. The van der Waals surface area contributed by atoms with Crippen LogP contribution in [0.5, 0.6) is 0 Å². The molecular weight excluding hydrogens is 544 g/mol. The minimum atomic E-state index is -4.10. The number of ether oxygens (including phenoxy) is 1. The van der Waals surface area contributed by atoms with Crippen molar-refractivity contribution >= 4 is 44.8 Å². The number of halogens is 1. The molecule has 198 valence electrons. The molecule has 1 aliphatic heterocycles. The number of carbonyl (C=O) groups excluding carboxylic acids is 1. The highest BCUT2D eigenvalue weighted by atomic mass is 35.5. The molecule has 2 aliphatic rings. The van der Waals surface area contributed by atoms with Crippen molar-refractivity contribution in [1.29, 1.82) is 0 Å². The number of furan rings is 1. The van der Waals surface area contributed by atoms with Gasteiger partial charge in [0.25, 0.3) is 0 Å². The first-order chi connectivity index (χ1) is 17.6. The first kappa shape index (κ1) is 26.2. The van der Waals surface area contributed by atoms with Crippen LogP contribution in [0.4, 0.5) is 5.82 Å². The quantitative estimate of drug-likeness (QED) is 0.344. The molecule has 5 rings (SSSR count). The predicted molar refractivity (Wildman–Crippen MR) is 135 cm³/mol. The van der Waals surface area contributed by atoms with Gasteiger partial charge in [0.15, 0.2) is 5.22 Å². The number of hydrogen-bond acceptors (Lipinski definition) is 11. The summed E-state index contributed by atoms with van der Waals surface area (Å²) in [5.41, 5.74) is 2.02. The van der Waals surface area contributed by atoms with Gasteiger partial charge in [0.2, 0.25) is 5.78 Å². The highest BCUT2D eigenvalue weighted by molar-refractivity contribution is 7.84. The Kier molecular flexibility index (Phi) is 7.38. The monoisotopic (exact) mass is 568 g/mol. The van der Waals surface area contributed by atoms with Crippen molar-refractivity contribution in [3.05, 3.63) is 62.1 Å². The Morgan fingerprint density at radius 2 is 2.16 bits per heavy atom. The summed E-state index contributed by atoms with van der Waals surface area (Å²) in [6.07, 6.45) is 2.98. The molecule has 37 heavy (non-hydrogen) atoms. The summed E-state index contributed by atoms with van der Waals surface area (Å²) >= 11 is 7.42. The number of fused-ring (bicyclic) bond motifs is 1. The SMILES string of the molecule is Cc1sc(C(=O)c2cncnc2N[C@@H]2C[C@H](COS(N)(=O)=O)[C@@H](O)C2)cc1[C@H]1OCCc2oc(Cl)cc21. The van der Waals surface area contributed by atoms with Crippen molar-refractivity contribution in [3.8, 4) is 0 Å². The fraction of sp³-hybridized carbons (Fsp3) is 0.435. The van der Waals surface area contributed by atoms with Gasteiger partial charge < -0.3 is 19.6 Å². The molecule has 1 aliphatic carbocycles. The van der Waals surface area contributed by atoms with Crippen molar-refractivity contribution < 1.29 is 31.7 Å². The van der Waals surface area contributed by atoms with Crippen LogP contribution in [0, 0.1) is 12.8 Å². The van der Waals surface area contributed by atoms with Gasteiger partial charge in [-0.1, -0.05) is 0 Å². The zero-order chi connectivity index (χ0) is 26.3. The van der Waals surface area contributed by atoms with Gasteiger partial charge in [0.1, 0.15) is 24.0 Å². The van der Waals surface area contributed by atoms with Gasteiger partial charge in [0.05, 0.1) is 29.8 Å². The first-order valence-corrected chi connectivity index (χ1v) is 14.2. The molecule has 1 saturated carbocycles. The fourth-order valence-corrected chi connectivity index (χ4v) is 6.41. The lowest BCUT2D eigenvalue weighted by atomic mass is 9.98. The minimum Gasteiger partial charge on any atom is -0.449 e. The largest absolute Gasteiger partial charge is 0.449 e. The molecule has 0 spiro atoms. The van der Waals surface area contributed by atoms with Gasteiger partial charge in [-0.05, 0) is 43.0 Å². The number of aromatic nitrogens is 2. The topological polar surface area (TPSA) is 167 Å². The summed E-state index contributed by atoms with van der Waals surface area (Å²) in [6.45, 7) is 2.19. The van der Waals surface area contributed by atoms with Crippen LogP contribution < -0.4 is 10.5 Å². The Hall–Kier alpha value is -2.39. The molecule has 3 aromatic rings. The van der Waals surface area contributed by atoms with Gasteiger partial charge in [0, 0.05) is 41.1 Å². The van der Waals surface area contributed by atoms with E-state index in [1.807, 2.05) is 13.0 Å². The van der Waals surface area contributed by atoms with Crippen molar-refractivity contribution in [2.75, 3.05) is 18.5 Å². The Morgan fingerprint density at radius 3 is 2.95 bits per heavy atom. The second-order valence-corrected chi connectivity index (χ2v) is 11.9. The maximum absolute atomic E-state index is 13.5. The third-order valence-corrected chi connectivity index (χ3v) is 8.29. The summed E-state index contributed by atoms with van der Waals surface area (Å²) in [4.78, 5) is 23.3. The van der Waals surface area contributed by atoms with E-state index in [1.54, 1.807) is 6.07 Å². The molecule has 11 nitrogen and oxygen atoms in total. The molecule has 0 bridgehead atoms. The molecule has 0 unspecified atom stereocenters. The second-order valence-electron chi connectivity index (χ2n) is 9.08. The van der Waals surface area contributed by atoms with Crippen LogP contribution in [-0.4, -0.2) is 54.6 Å². The summed E-state index contributed by atoms with van der Waals surface area (Å²) in [7, 11) is -4.10. The van der Waals surface area contributed by atoms with E-state index >= 15 is 0 Å². The number of aliphatic hydroxyl groups is 1. The van der Waals surface area contributed by atoms with Crippen LogP contribution in [0.15, 0.2) is 29.1 Å². The van der Waals surface area contributed by atoms with Crippen molar-refractivity contribution in [3.63, 3.8) is 0 Å². The zero-order valence-corrected chi connectivity index (χ0v) is 22.1.